The van der Waals surface area contributed by atoms with E-state index in [1.165, 1.54) is 11.1 Å². The van der Waals surface area contributed by atoms with E-state index < -0.39 is 5.60 Å². The van der Waals surface area contributed by atoms with Crippen molar-refractivity contribution >= 4 is 46.2 Å². The third kappa shape index (κ3) is 6.53. The highest BCUT2D eigenvalue weighted by Gasteiger charge is 2.40. The number of benzene rings is 2. The number of ketones is 1. The van der Waals surface area contributed by atoms with Crippen molar-refractivity contribution in [1.29, 1.82) is 0 Å². The minimum atomic E-state index is -0.516. The molecule has 0 fully saturated rings. The fourth-order valence-electron chi connectivity index (χ4n) is 4.36. The summed E-state index contributed by atoms with van der Waals surface area (Å²) in [5.41, 5.74) is 4.83. The van der Waals surface area contributed by atoms with E-state index in [1.807, 2.05) is 26.0 Å². The Balaban J connectivity index is 0.000000396. The van der Waals surface area contributed by atoms with Crippen molar-refractivity contribution in [3.8, 4) is 11.1 Å². The molecule has 2 aromatic carbocycles. The molecule has 0 unspecified atom stereocenters. The largest absolute Gasteiger partial charge is 0.369 e. The number of halogens is 3. The third-order valence-corrected chi connectivity index (χ3v) is 6.98. The van der Waals surface area contributed by atoms with Gasteiger partial charge >= 0.3 is 0 Å². The number of ether oxygens (including phenoxy) is 2. The van der Waals surface area contributed by atoms with Crippen LogP contribution in [-0.2, 0) is 20.7 Å². The highest BCUT2D eigenvalue weighted by atomic mass is 35.5. The molecule has 0 bridgehead atoms. The summed E-state index contributed by atoms with van der Waals surface area (Å²) in [6.07, 6.45) is 4.95. The van der Waals surface area contributed by atoms with Crippen molar-refractivity contribution in [2.24, 2.45) is 0 Å². The van der Waals surface area contributed by atoms with E-state index in [4.69, 9.17) is 44.3 Å². The van der Waals surface area contributed by atoms with E-state index >= 15 is 0 Å². The van der Waals surface area contributed by atoms with Gasteiger partial charge in [0.2, 0.25) is 0 Å². The van der Waals surface area contributed by atoms with Gasteiger partial charge in [-0.05, 0) is 80.7 Å². The standard InChI is InChI=1S/C23H25Cl3O.C5H6O2/c1-6-14-7-8-15(17-10-9-16(24)12-20(17)25)11-18(14)19-13-22(2,3)27-23(4,5)21(19)26;6-5-2-1-3-7-4-5/h7-12H,6,13H2,1-5H3;1-2H,3-4H2. The predicted octanol–water partition coefficient (Wildman–Crippen LogP) is 8.29. The molecule has 3 nitrogen and oxygen atoms in total. The van der Waals surface area contributed by atoms with E-state index in [0.29, 0.717) is 16.7 Å². The molecule has 0 aromatic heterocycles. The maximum absolute atomic E-state index is 10.3. The van der Waals surface area contributed by atoms with Crippen LogP contribution in [0.15, 0.2) is 53.6 Å². The van der Waals surface area contributed by atoms with E-state index in [0.717, 1.165) is 34.6 Å². The van der Waals surface area contributed by atoms with Crippen LogP contribution in [0, 0.1) is 0 Å². The molecule has 0 saturated heterocycles. The normalized spacial score (nSPS) is 19.0. The molecule has 0 amide bonds. The smallest absolute Gasteiger partial charge is 0.181 e. The fourth-order valence-corrected chi connectivity index (χ4v) is 5.09. The second-order valence-corrected chi connectivity index (χ2v) is 10.8. The average Bonchev–Trinajstić information content (AvgIpc) is 2.76. The van der Waals surface area contributed by atoms with Crippen molar-refractivity contribution in [1.82, 2.24) is 0 Å². The van der Waals surface area contributed by atoms with Crippen LogP contribution in [-0.4, -0.2) is 30.2 Å². The lowest BCUT2D eigenvalue weighted by molar-refractivity contribution is -0.119. The highest BCUT2D eigenvalue weighted by Crippen LogP contribution is 2.46. The zero-order chi connectivity index (χ0) is 25.1. The molecule has 182 valence electrons. The average molecular weight is 522 g/mol. The van der Waals surface area contributed by atoms with Crippen LogP contribution < -0.4 is 0 Å². The molecule has 0 aliphatic carbocycles. The van der Waals surface area contributed by atoms with Crippen LogP contribution in [0.5, 0.6) is 0 Å². The van der Waals surface area contributed by atoms with Gasteiger partial charge in [-0.3, -0.25) is 4.79 Å². The minimum absolute atomic E-state index is 0.0613. The Kier molecular flexibility index (Phi) is 8.70. The molecular weight excluding hydrogens is 491 g/mol. The minimum Gasteiger partial charge on any atom is -0.369 e. The van der Waals surface area contributed by atoms with Gasteiger partial charge in [0.25, 0.3) is 0 Å². The first-order valence-corrected chi connectivity index (χ1v) is 12.5. The van der Waals surface area contributed by atoms with Crippen LogP contribution >= 0.6 is 34.8 Å². The monoisotopic (exact) mass is 520 g/mol. The molecule has 0 atom stereocenters. The molecule has 34 heavy (non-hydrogen) atoms. The maximum atomic E-state index is 10.3. The van der Waals surface area contributed by atoms with E-state index in [-0.39, 0.29) is 18.0 Å². The van der Waals surface area contributed by atoms with Crippen LogP contribution in [0.3, 0.4) is 0 Å². The Labute approximate surface area is 217 Å². The molecule has 0 N–H and O–H groups in total. The third-order valence-electron chi connectivity index (χ3n) is 5.75. The zero-order valence-electron chi connectivity index (χ0n) is 20.3. The van der Waals surface area contributed by atoms with Crippen LogP contribution in [0.1, 0.15) is 52.2 Å². The Bertz CT molecular complexity index is 1130. The Hall–Kier alpha value is -1.62. The van der Waals surface area contributed by atoms with Crippen LogP contribution in [0.4, 0.5) is 0 Å². The first-order chi connectivity index (χ1) is 15.9. The summed E-state index contributed by atoms with van der Waals surface area (Å²) in [5, 5.41) is 2.05. The summed E-state index contributed by atoms with van der Waals surface area (Å²) in [6, 6.07) is 12.1. The molecule has 0 radical (unpaired) electrons. The van der Waals surface area contributed by atoms with Crippen LogP contribution in [0.25, 0.3) is 16.7 Å². The molecule has 4 rings (SSSR count). The number of rotatable bonds is 3. The molecule has 2 aromatic rings. The summed E-state index contributed by atoms with van der Waals surface area (Å²) in [6.45, 7) is 11.3. The number of hydrogen-bond acceptors (Lipinski definition) is 3. The molecule has 2 heterocycles. The molecule has 2 aliphatic rings. The van der Waals surface area contributed by atoms with Crippen molar-refractivity contribution in [2.45, 2.75) is 58.7 Å². The lowest BCUT2D eigenvalue weighted by atomic mass is 9.82. The van der Waals surface area contributed by atoms with Crippen molar-refractivity contribution in [3.63, 3.8) is 0 Å². The predicted molar refractivity (Wildman–Crippen MR) is 143 cm³/mol. The first kappa shape index (κ1) is 27.0. The highest BCUT2D eigenvalue weighted by molar-refractivity contribution is 6.36. The maximum Gasteiger partial charge on any atom is 0.181 e. The number of aryl methyl sites for hydroxylation is 1. The van der Waals surface area contributed by atoms with Crippen LogP contribution in [0.2, 0.25) is 10.0 Å². The summed E-state index contributed by atoms with van der Waals surface area (Å²) in [7, 11) is 0. The Morgan fingerprint density at radius 3 is 2.26 bits per heavy atom. The Morgan fingerprint density at radius 1 is 0.971 bits per heavy atom. The summed E-state index contributed by atoms with van der Waals surface area (Å²) in [5.74, 6) is 0.0613. The van der Waals surface area contributed by atoms with Crippen molar-refractivity contribution in [2.75, 3.05) is 13.2 Å². The second-order valence-electron chi connectivity index (χ2n) is 9.57. The van der Waals surface area contributed by atoms with Gasteiger partial charge in [0.15, 0.2) is 5.78 Å². The molecule has 6 heteroatoms. The van der Waals surface area contributed by atoms with Gasteiger partial charge in [0.05, 0.1) is 22.8 Å². The summed E-state index contributed by atoms with van der Waals surface area (Å²) >= 11 is 19.3. The fraction of sp³-hybridized carbons (Fsp3) is 0.393. The van der Waals surface area contributed by atoms with Gasteiger partial charge in [-0.1, -0.05) is 66.0 Å². The van der Waals surface area contributed by atoms with Crippen molar-refractivity contribution in [3.05, 3.63) is 74.8 Å². The van der Waals surface area contributed by atoms with E-state index in [1.54, 1.807) is 18.2 Å². The van der Waals surface area contributed by atoms with Gasteiger partial charge < -0.3 is 9.47 Å². The van der Waals surface area contributed by atoms with E-state index in [9.17, 15) is 4.79 Å². The quantitative estimate of drug-likeness (QED) is 0.407. The van der Waals surface area contributed by atoms with Gasteiger partial charge in [-0.15, -0.1) is 0 Å². The Morgan fingerprint density at radius 2 is 1.71 bits per heavy atom. The molecule has 2 aliphatic heterocycles. The SMILES string of the molecule is CCc1ccc(-c2ccc(Cl)cc2Cl)cc1C1=C(Cl)C(C)(C)OC(C)(C)C1.O=C1C=CCOC1. The van der Waals surface area contributed by atoms with Gasteiger partial charge in [0, 0.05) is 22.0 Å². The number of carbonyl (C=O) groups excluding carboxylic acids is 1. The molecular formula is C28H31Cl3O3. The second kappa shape index (κ2) is 11.0. The van der Waals surface area contributed by atoms with Gasteiger partial charge in [0.1, 0.15) is 6.61 Å². The zero-order valence-corrected chi connectivity index (χ0v) is 22.6. The first-order valence-electron chi connectivity index (χ1n) is 11.4. The lowest BCUT2D eigenvalue weighted by Gasteiger charge is -2.42. The number of hydrogen-bond donors (Lipinski definition) is 0. The summed E-state index contributed by atoms with van der Waals surface area (Å²) in [4.78, 5) is 10.3. The van der Waals surface area contributed by atoms with Gasteiger partial charge in [-0.25, -0.2) is 0 Å². The van der Waals surface area contributed by atoms with Crippen molar-refractivity contribution < 1.29 is 14.3 Å². The molecule has 0 spiro atoms. The number of carbonyl (C=O) groups is 1. The summed E-state index contributed by atoms with van der Waals surface area (Å²) < 4.78 is 11.0. The van der Waals surface area contributed by atoms with E-state index in [2.05, 4.69) is 39.0 Å². The lowest BCUT2D eigenvalue weighted by Crippen LogP contribution is -2.42. The molecule has 0 saturated carbocycles. The topological polar surface area (TPSA) is 35.5 Å². The van der Waals surface area contributed by atoms with Gasteiger partial charge in [-0.2, -0.15) is 0 Å².